The molecule has 0 aliphatic carbocycles. The Balaban J connectivity index is 2.61. The lowest BCUT2D eigenvalue weighted by Crippen LogP contribution is -1.94. The van der Waals surface area contributed by atoms with E-state index in [1.165, 1.54) is 0 Å². The van der Waals surface area contributed by atoms with Gasteiger partial charge in [-0.25, -0.2) is 0 Å². The SMILES string of the molecule is Cc1cc(C)cc(C#CC(=O)CCCCO)c1. The smallest absolute Gasteiger partial charge is 0.205 e. The first-order chi connectivity index (χ1) is 8.11. The maximum atomic E-state index is 11.4. The van der Waals surface area contributed by atoms with Crippen molar-refractivity contribution < 1.29 is 9.90 Å². The van der Waals surface area contributed by atoms with E-state index in [4.69, 9.17) is 5.11 Å². The van der Waals surface area contributed by atoms with Gasteiger partial charge in [-0.2, -0.15) is 0 Å². The van der Waals surface area contributed by atoms with E-state index in [9.17, 15) is 4.79 Å². The topological polar surface area (TPSA) is 37.3 Å². The van der Waals surface area contributed by atoms with Crippen LogP contribution in [0.5, 0.6) is 0 Å². The molecule has 0 unspecified atom stereocenters. The molecule has 0 aliphatic rings. The minimum Gasteiger partial charge on any atom is -0.396 e. The van der Waals surface area contributed by atoms with E-state index >= 15 is 0 Å². The Morgan fingerprint density at radius 3 is 2.41 bits per heavy atom. The van der Waals surface area contributed by atoms with Crippen molar-refractivity contribution in [2.75, 3.05) is 6.61 Å². The Hall–Kier alpha value is -1.59. The lowest BCUT2D eigenvalue weighted by atomic mass is 10.1. The van der Waals surface area contributed by atoms with Crippen LogP contribution in [0.4, 0.5) is 0 Å². The van der Waals surface area contributed by atoms with E-state index < -0.39 is 0 Å². The number of Topliss-reactive ketones (excluding diaryl/α,β-unsaturated/α-hetero) is 1. The number of aryl methyl sites for hydroxylation is 2. The van der Waals surface area contributed by atoms with Gasteiger partial charge < -0.3 is 5.11 Å². The Bertz CT molecular complexity index is 429. The highest BCUT2D eigenvalue weighted by Crippen LogP contribution is 2.07. The van der Waals surface area contributed by atoms with Crippen LogP contribution in [0.15, 0.2) is 18.2 Å². The van der Waals surface area contributed by atoms with E-state index in [1.807, 2.05) is 26.0 Å². The second-order valence-corrected chi connectivity index (χ2v) is 4.23. The van der Waals surface area contributed by atoms with E-state index in [0.29, 0.717) is 19.3 Å². The Morgan fingerprint density at radius 2 is 1.82 bits per heavy atom. The van der Waals surface area contributed by atoms with Crippen LogP contribution >= 0.6 is 0 Å². The largest absolute Gasteiger partial charge is 0.396 e. The Kier molecular flexibility index (Phi) is 5.45. The van der Waals surface area contributed by atoms with Gasteiger partial charge in [0, 0.05) is 18.6 Å². The fourth-order valence-corrected chi connectivity index (χ4v) is 1.65. The van der Waals surface area contributed by atoms with Gasteiger partial charge in [0.2, 0.25) is 5.78 Å². The predicted octanol–water partition coefficient (Wildman–Crippen LogP) is 2.39. The van der Waals surface area contributed by atoms with Crippen LogP contribution < -0.4 is 0 Å². The van der Waals surface area contributed by atoms with Crippen molar-refractivity contribution in [2.24, 2.45) is 0 Å². The quantitative estimate of drug-likeness (QED) is 0.637. The molecule has 0 saturated carbocycles. The summed E-state index contributed by atoms with van der Waals surface area (Å²) in [6, 6.07) is 6.02. The van der Waals surface area contributed by atoms with Crippen molar-refractivity contribution in [3.05, 3.63) is 34.9 Å². The number of carbonyl (C=O) groups is 1. The lowest BCUT2D eigenvalue weighted by molar-refractivity contribution is -0.113. The molecule has 0 heterocycles. The number of hydrogen-bond acceptors (Lipinski definition) is 2. The zero-order valence-corrected chi connectivity index (χ0v) is 10.4. The van der Waals surface area contributed by atoms with Crippen LogP contribution in [-0.2, 0) is 4.79 Å². The van der Waals surface area contributed by atoms with E-state index in [-0.39, 0.29) is 12.4 Å². The molecule has 0 amide bonds. The molecule has 0 atom stereocenters. The second kappa shape index (κ2) is 6.88. The van der Waals surface area contributed by atoms with E-state index in [2.05, 4.69) is 17.9 Å². The third-order valence-electron chi connectivity index (χ3n) is 2.38. The van der Waals surface area contributed by atoms with Crippen LogP contribution in [0.2, 0.25) is 0 Å². The zero-order valence-electron chi connectivity index (χ0n) is 10.4. The molecule has 0 bridgehead atoms. The summed E-state index contributed by atoms with van der Waals surface area (Å²) in [6.45, 7) is 4.17. The fraction of sp³-hybridized carbons (Fsp3) is 0.400. The summed E-state index contributed by atoms with van der Waals surface area (Å²) in [7, 11) is 0. The van der Waals surface area contributed by atoms with E-state index in [1.54, 1.807) is 0 Å². The average molecular weight is 230 g/mol. The lowest BCUT2D eigenvalue weighted by Gasteiger charge is -1.97. The minimum atomic E-state index is -0.0578. The van der Waals surface area contributed by atoms with E-state index in [0.717, 1.165) is 16.7 Å². The minimum absolute atomic E-state index is 0.0578. The van der Waals surface area contributed by atoms with Crippen LogP contribution in [0.25, 0.3) is 0 Å². The van der Waals surface area contributed by atoms with Gasteiger partial charge in [0.05, 0.1) is 0 Å². The van der Waals surface area contributed by atoms with Crippen molar-refractivity contribution >= 4 is 5.78 Å². The number of aliphatic hydroxyl groups is 1. The third kappa shape index (κ3) is 5.33. The third-order valence-corrected chi connectivity index (χ3v) is 2.38. The molecule has 17 heavy (non-hydrogen) atoms. The number of rotatable bonds is 4. The van der Waals surface area contributed by atoms with Crippen molar-refractivity contribution in [1.29, 1.82) is 0 Å². The molecule has 0 spiro atoms. The van der Waals surface area contributed by atoms with Crippen molar-refractivity contribution in [1.82, 2.24) is 0 Å². The van der Waals surface area contributed by atoms with Crippen LogP contribution in [0, 0.1) is 25.7 Å². The molecule has 90 valence electrons. The maximum absolute atomic E-state index is 11.4. The van der Waals surface area contributed by atoms with Gasteiger partial charge in [0.25, 0.3) is 0 Å². The molecule has 1 rings (SSSR count). The standard InChI is InChI=1S/C15H18O2/c1-12-9-13(2)11-14(10-12)6-7-15(17)5-3-4-8-16/h9-11,16H,3-5,8H2,1-2H3. The van der Waals surface area contributed by atoms with Crippen LogP contribution in [-0.4, -0.2) is 17.5 Å². The Labute approximate surface area is 103 Å². The van der Waals surface area contributed by atoms with Gasteiger partial charge in [0.1, 0.15) is 0 Å². The molecule has 2 nitrogen and oxygen atoms in total. The molecule has 0 aliphatic heterocycles. The average Bonchev–Trinajstić information content (AvgIpc) is 2.25. The first kappa shape index (κ1) is 13.5. The number of hydrogen-bond donors (Lipinski definition) is 1. The summed E-state index contributed by atoms with van der Waals surface area (Å²) < 4.78 is 0. The number of carbonyl (C=O) groups excluding carboxylic acids is 1. The second-order valence-electron chi connectivity index (χ2n) is 4.23. The van der Waals surface area contributed by atoms with Crippen molar-refractivity contribution in [3.63, 3.8) is 0 Å². The highest BCUT2D eigenvalue weighted by molar-refractivity contribution is 5.95. The first-order valence-electron chi connectivity index (χ1n) is 5.86. The van der Waals surface area contributed by atoms with Gasteiger partial charge in [0.15, 0.2) is 0 Å². The molecule has 0 aromatic heterocycles. The summed E-state index contributed by atoms with van der Waals surface area (Å²) in [5, 5.41) is 8.60. The Morgan fingerprint density at radius 1 is 1.18 bits per heavy atom. The summed E-state index contributed by atoms with van der Waals surface area (Å²) in [6.07, 6.45) is 1.80. The molecule has 0 fully saturated rings. The molecule has 1 aromatic carbocycles. The molecular formula is C15H18O2. The molecule has 2 heteroatoms. The van der Waals surface area contributed by atoms with Gasteiger partial charge >= 0.3 is 0 Å². The monoisotopic (exact) mass is 230 g/mol. The molecular weight excluding hydrogens is 212 g/mol. The molecule has 1 N–H and O–H groups in total. The molecule has 1 aromatic rings. The zero-order chi connectivity index (χ0) is 12.7. The predicted molar refractivity (Wildman–Crippen MR) is 68.7 cm³/mol. The van der Waals surface area contributed by atoms with Gasteiger partial charge in [-0.05, 0) is 55.9 Å². The summed E-state index contributed by atoms with van der Waals surface area (Å²) in [5.74, 6) is 5.47. The van der Waals surface area contributed by atoms with Gasteiger partial charge in [-0.3, -0.25) is 4.79 Å². The first-order valence-corrected chi connectivity index (χ1v) is 5.86. The highest BCUT2D eigenvalue weighted by atomic mass is 16.2. The number of benzene rings is 1. The maximum Gasteiger partial charge on any atom is 0.205 e. The highest BCUT2D eigenvalue weighted by Gasteiger charge is 1.97. The normalized spacial score (nSPS) is 9.59. The summed E-state index contributed by atoms with van der Waals surface area (Å²) >= 11 is 0. The van der Waals surface area contributed by atoms with Crippen LogP contribution in [0.3, 0.4) is 0 Å². The number of aliphatic hydroxyl groups excluding tert-OH is 1. The van der Waals surface area contributed by atoms with Gasteiger partial charge in [-0.1, -0.05) is 12.0 Å². The van der Waals surface area contributed by atoms with Crippen molar-refractivity contribution in [2.45, 2.75) is 33.1 Å². The number of ketones is 1. The number of unbranched alkanes of at least 4 members (excludes halogenated alkanes) is 1. The van der Waals surface area contributed by atoms with Crippen LogP contribution in [0.1, 0.15) is 36.0 Å². The molecule has 0 radical (unpaired) electrons. The summed E-state index contributed by atoms with van der Waals surface area (Å²) in [4.78, 5) is 11.4. The van der Waals surface area contributed by atoms with Gasteiger partial charge in [-0.15, -0.1) is 0 Å². The summed E-state index contributed by atoms with van der Waals surface area (Å²) in [5.41, 5.74) is 3.20. The molecule has 0 saturated heterocycles. The fourth-order valence-electron chi connectivity index (χ4n) is 1.65. The van der Waals surface area contributed by atoms with Crippen molar-refractivity contribution in [3.8, 4) is 11.8 Å².